The van der Waals surface area contributed by atoms with E-state index in [2.05, 4.69) is 34.0 Å². The van der Waals surface area contributed by atoms with E-state index < -0.39 is 0 Å². The van der Waals surface area contributed by atoms with Crippen molar-refractivity contribution in [2.24, 2.45) is 5.92 Å². The Morgan fingerprint density at radius 3 is 2.58 bits per heavy atom. The highest BCUT2D eigenvalue weighted by molar-refractivity contribution is 5.94. The molecule has 5 nitrogen and oxygen atoms in total. The molecule has 2 rings (SSSR count). The molecule has 0 atom stereocenters. The van der Waals surface area contributed by atoms with Gasteiger partial charge in [-0.3, -0.25) is 9.78 Å². The van der Waals surface area contributed by atoms with Gasteiger partial charge < -0.3 is 10.2 Å². The summed E-state index contributed by atoms with van der Waals surface area (Å²) in [6.45, 7) is 5.84. The molecule has 0 bridgehead atoms. The van der Waals surface area contributed by atoms with E-state index in [1.165, 1.54) is 5.56 Å². The zero-order chi connectivity index (χ0) is 17.4. The first kappa shape index (κ1) is 17.9. The number of anilines is 1. The predicted molar refractivity (Wildman–Crippen MR) is 97.2 cm³/mol. The highest BCUT2D eigenvalue weighted by Gasteiger charge is 2.08. The van der Waals surface area contributed by atoms with Crippen molar-refractivity contribution in [3.63, 3.8) is 0 Å². The normalized spacial score (nSPS) is 10.7. The summed E-state index contributed by atoms with van der Waals surface area (Å²) in [5.74, 6) is 1.39. The summed E-state index contributed by atoms with van der Waals surface area (Å²) in [7, 11) is 2.01. The van der Waals surface area contributed by atoms with Gasteiger partial charge in [-0.25, -0.2) is 4.98 Å². The lowest BCUT2D eigenvalue weighted by molar-refractivity contribution is 0.0951. The number of nitrogens with zero attached hydrogens (tertiary/aromatic N) is 3. The fraction of sp³-hybridized carbons (Fsp3) is 0.421. The lowest BCUT2D eigenvalue weighted by Gasteiger charge is -2.18. The maximum Gasteiger partial charge on any atom is 0.252 e. The number of carbonyl (C=O) groups is 1. The molecular formula is C19H26N4O. The molecule has 2 heterocycles. The standard InChI is InChI=1S/C19H26N4O/c1-15(2)6-12-21-19(24)17-4-5-18(22-14-17)23(3)13-9-16-7-10-20-11-8-16/h4-5,7-8,10-11,14-15H,6,9,12-13H2,1-3H3,(H,21,24). The number of pyridine rings is 2. The summed E-state index contributed by atoms with van der Waals surface area (Å²) >= 11 is 0. The van der Waals surface area contributed by atoms with Crippen molar-refractivity contribution in [3.05, 3.63) is 54.0 Å². The van der Waals surface area contributed by atoms with E-state index in [-0.39, 0.29) is 5.91 Å². The van der Waals surface area contributed by atoms with Crippen LogP contribution in [0.15, 0.2) is 42.9 Å². The van der Waals surface area contributed by atoms with Crippen molar-refractivity contribution in [1.29, 1.82) is 0 Å². The second-order valence-corrected chi connectivity index (χ2v) is 6.37. The van der Waals surface area contributed by atoms with Gasteiger partial charge in [-0.1, -0.05) is 13.8 Å². The predicted octanol–water partition coefficient (Wildman–Crippen LogP) is 2.93. The summed E-state index contributed by atoms with van der Waals surface area (Å²) in [4.78, 5) is 22.6. The molecule has 0 aromatic carbocycles. The largest absolute Gasteiger partial charge is 0.359 e. The Bertz CT molecular complexity index is 626. The quantitative estimate of drug-likeness (QED) is 0.810. The zero-order valence-corrected chi connectivity index (χ0v) is 14.7. The molecule has 0 saturated carbocycles. The third kappa shape index (κ3) is 5.65. The third-order valence-corrected chi connectivity index (χ3v) is 3.89. The minimum absolute atomic E-state index is 0.0610. The van der Waals surface area contributed by atoms with Gasteiger partial charge in [0.05, 0.1) is 5.56 Å². The van der Waals surface area contributed by atoms with Gasteiger partial charge in [0.25, 0.3) is 5.91 Å². The number of amides is 1. The molecule has 0 aliphatic carbocycles. The Balaban J connectivity index is 1.85. The van der Waals surface area contributed by atoms with Gasteiger partial charge in [0, 0.05) is 38.7 Å². The minimum Gasteiger partial charge on any atom is -0.359 e. The van der Waals surface area contributed by atoms with Crippen LogP contribution in [0.1, 0.15) is 36.2 Å². The maximum atomic E-state index is 12.0. The molecule has 1 N–H and O–H groups in total. The summed E-state index contributed by atoms with van der Waals surface area (Å²) in [5.41, 5.74) is 1.85. The van der Waals surface area contributed by atoms with Gasteiger partial charge in [0.15, 0.2) is 0 Å². The first-order valence-corrected chi connectivity index (χ1v) is 8.40. The van der Waals surface area contributed by atoms with E-state index in [0.717, 1.165) is 25.2 Å². The third-order valence-electron chi connectivity index (χ3n) is 3.89. The molecule has 5 heteroatoms. The second kappa shape index (κ2) is 9.01. The maximum absolute atomic E-state index is 12.0. The van der Waals surface area contributed by atoms with Gasteiger partial charge in [-0.2, -0.15) is 0 Å². The van der Waals surface area contributed by atoms with Crippen molar-refractivity contribution >= 4 is 11.7 Å². The number of aromatic nitrogens is 2. The van der Waals surface area contributed by atoms with Crippen molar-refractivity contribution < 1.29 is 4.79 Å². The summed E-state index contributed by atoms with van der Waals surface area (Å²) in [6.07, 6.45) is 7.16. The van der Waals surface area contributed by atoms with Crippen LogP contribution >= 0.6 is 0 Å². The number of hydrogen-bond acceptors (Lipinski definition) is 4. The van der Waals surface area contributed by atoms with Gasteiger partial charge in [0.1, 0.15) is 5.82 Å². The molecule has 0 unspecified atom stereocenters. The first-order valence-electron chi connectivity index (χ1n) is 8.40. The van der Waals surface area contributed by atoms with Crippen LogP contribution in [-0.4, -0.2) is 36.0 Å². The Morgan fingerprint density at radius 1 is 1.21 bits per heavy atom. The first-order chi connectivity index (χ1) is 11.6. The van der Waals surface area contributed by atoms with E-state index in [0.29, 0.717) is 18.0 Å². The average molecular weight is 326 g/mol. The SMILES string of the molecule is CC(C)CCNC(=O)c1ccc(N(C)CCc2ccncc2)nc1. The smallest absolute Gasteiger partial charge is 0.252 e. The highest BCUT2D eigenvalue weighted by Crippen LogP contribution is 2.11. The molecule has 0 fully saturated rings. The van der Waals surface area contributed by atoms with Crippen LogP contribution in [0.2, 0.25) is 0 Å². The molecule has 0 saturated heterocycles. The molecule has 0 aliphatic heterocycles. The summed E-state index contributed by atoms with van der Waals surface area (Å²) in [6, 6.07) is 7.76. The van der Waals surface area contributed by atoms with E-state index >= 15 is 0 Å². The molecule has 0 radical (unpaired) electrons. The number of carbonyl (C=O) groups excluding carboxylic acids is 1. The van der Waals surface area contributed by atoms with Crippen LogP contribution in [-0.2, 0) is 6.42 Å². The van der Waals surface area contributed by atoms with E-state index in [4.69, 9.17) is 0 Å². The average Bonchev–Trinajstić information content (AvgIpc) is 2.60. The monoisotopic (exact) mass is 326 g/mol. The number of likely N-dealkylation sites (N-methyl/N-ethyl adjacent to an activating group) is 1. The number of nitrogens with one attached hydrogen (secondary N) is 1. The minimum atomic E-state index is -0.0610. The van der Waals surface area contributed by atoms with Crippen LogP contribution in [0.4, 0.5) is 5.82 Å². The zero-order valence-electron chi connectivity index (χ0n) is 14.7. The Morgan fingerprint density at radius 2 is 1.96 bits per heavy atom. The topological polar surface area (TPSA) is 58.1 Å². The van der Waals surface area contributed by atoms with Crippen LogP contribution in [0, 0.1) is 5.92 Å². The van der Waals surface area contributed by atoms with Crippen molar-refractivity contribution in [3.8, 4) is 0 Å². The van der Waals surface area contributed by atoms with Gasteiger partial charge in [-0.05, 0) is 48.6 Å². The van der Waals surface area contributed by atoms with Gasteiger partial charge in [0.2, 0.25) is 0 Å². The Labute approximate surface area is 144 Å². The van der Waals surface area contributed by atoms with Crippen molar-refractivity contribution in [2.45, 2.75) is 26.7 Å². The fourth-order valence-corrected chi connectivity index (χ4v) is 2.28. The molecule has 1 amide bonds. The Hall–Kier alpha value is -2.43. The van der Waals surface area contributed by atoms with Crippen LogP contribution < -0.4 is 10.2 Å². The number of rotatable bonds is 8. The van der Waals surface area contributed by atoms with Crippen molar-refractivity contribution in [1.82, 2.24) is 15.3 Å². The van der Waals surface area contributed by atoms with E-state index in [9.17, 15) is 4.79 Å². The summed E-state index contributed by atoms with van der Waals surface area (Å²) < 4.78 is 0. The van der Waals surface area contributed by atoms with E-state index in [1.54, 1.807) is 18.6 Å². The molecular weight excluding hydrogens is 300 g/mol. The lowest BCUT2D eigenvalue weighted by atomic mass is 10.1. The number of hydrogen-bond donors (Lipinski definition) is 1. The lowest BCUT2D eigenvalue weighted by Crippen LogP contribution is -2.26. The van der Waals surface area contributed by atoms with E-state index in [1.807, 2.05) is 31.3 Å². The summed E-state index contributed by atoms with van der Waals surface area (Å²) in [5, 5.41) is 2.93. The Kier molecular flexibility index (Phi) is 6.73. The highest BCUT2D eigenvalue weighted by atomic mass is 16.1. The van der Waals surface area contributed by atoms with Crippen LogP contribution in [0.25, 0.3) is 0 Å². The second-order valence-electron chi connectivity index (χ2n) is 6.37. The van der Waals surface area contributed by atoms with Crippen molar-refractivity contribution in [2.75, 3.05) is 25.0 Å². The fourth-order valence-electron chi connectivity index (χ4n) is 2.28. The molecule has 2 aromatic rings. The van der Waals surface area contributed by atoms with Gasteiger partial charge >= 0.3 is 0 Å². The molecule has 0 spiro atoms. The molecule has 2 aromatic heterocycles. The van der Waals surface area contributed by atoms with Crippen LogP contribution in [0.5, 0.6) is 0 Å². The van der Waals surface area contributed by atoms with Gasteiger partial charge in [-0.15, -0.1) is 0 Å². The molecule has 0 aliphatic rings. The molecule has 128 valence electrons. The van der Waals surface area contributed by atoms with Crippen LogP contribution in [0.3, 0.4) is 0 Å². The molecule has 24 heavy (non-hydrogen) atoms.